The van der Waals surface area contributed by atoms with Gasteiger partial charge in [0.25, 0.3) is 0 Å². The van der Waals surface area contributed by atoms with Crippen molar-refractivity contribution in [3.63, 3.8) is 0 Å². The lowest BCUT2D eigenvalue weighted by Crippen LogP contribution is -2.63. The second kappa shape index (κ2) is 5.85. The minimum atomic E-state index is -1.17. The highest BCUT2D eigenvalue weighted by molar-refractivity contribution is 6.01. The van der Waals surface area contributed by atoms with Crippen molar-refractivity contribution < 1.29 is 29.3 Å². The molecule has 0 amide bonds. The Morgan fingerprint density at radius 2 is 2.14 bits per heavy atom. The second-order valence-electron chi connectivity index (χ2n) is 9.68. The number of aliphatic hydroxyl groups is 2. The maximum Gasteiger partial charge on any atom is 0.193 e. The molecule has 6 unspecified atom stereocenters. The number of hydrogen-bond acceptors (Lipinski definition) is 6. The van der Waals surface area contributed by atoms with Gasteiger partial charge in [0.15, 0.2) is 17.2 Å². The minimum Gasteiger partial charge on any atom is -0.393 e. The van der Waals surface area contributed by atoms with Gasteiger partial charge in [-0.15, -0.1) is 0 Å². The summed E-state index contributed by atoms with van der Waals surface area (Å²) in [6, 6.07) is 0. The summed E-state index contributed by atoms with van der Waals surface area (Å²) in [5.74, 6) is 0.0400. The van der Waals surface area contributed by atoms with Crippen LogP contribution < -0.4 is 0 Å². The van der Waals surface area contributed by atoms with Gasteiger partial charge >= 0.3 is 0 Å². The summed E-state index contributed by atoms with van der Waals surface area (Å²) in [6.07, 6.45) is 7.17. The van der Waals surface area contributed by atoms with E-state index in [0.29, 0.717) is 12.8 Å². The Morgan fingerprint density at radius 1 is 1.36 bits per heavy atom. The van der Waals surface area contributed by atoms with Crippen LogP contribution in [0.1, 0.15) is 39.5 Å². The van der Waals surface area contributed by atoms with Crippen molar-refractivity contribution in [2.24, 2.45) is 28.6 Å². The Bertz CT molecular complexity index is 801. The number of allylic oxidation sites excluding steroid dienone is 4. The van der Waals surface area contributed by atoms with Gasteiger partial charge < -0.3 is 19.7 Å². The monoisotopic (exact) mass is 388 g/mol. The molecule has 0 spiro atoms. The zero-order chi connectivity index (χ0) is 19.9. The lowest BCUT2D eigenvalue weighted by atomic mass is 9.46. The molecule has 6 nitrogen and oxygen atoms in total. The van der Waals surface area contributed by atoms with Gasteiger partial charge in [-0.1, -0.05) is 25.5 Å². The zero-order valence-electron chi connectivity index (χ0n) is 16.4. The normalized spacial score (nSPS) is 51.8. The topological polar surface area (TPSA) is 93.1 Å². The molecule has 6 heteroatoms. The molecule has 0 bridgehead atoms. The molecule has 4 fully saturated rings. The van der Waals surface area contributed by atoms with Crippen LogP contribution in [0.5, 0.6) is 0 Å². The molecular formula is C22H28O6. The molecule has 1 aliphatic heterocycles. The molecule has 1 heterocycles. The summed E-state index contributed by atoms with van der Waals surface area (Å²) in [4.78, 5) is 24.8. The number of Topliss-reactive ketones (excluding diaryl/α,β-unsaturated/α-hetero) is 1. The van der Waals surface area contributed by atoms with Crippen molar-refractivity contribution in [2.75, 3.05) is 13.4 Å². The SMILES string of the molecule is CC12C=CC(=O)C=C1CCC1[C@@H]2C(O)CC2(C)[C@H]1CC1OCOC12C(=O)CO. The first-order valence-electron chi connectivity index (χ1n) is 10.3. The number of hydrogen-bond donors (Lipinski definition) is 2. The number of aliphatic hydroxyl groups excluding tert-OH is 2. The van der Waals surface area contributed by atoms with Crippen molar-refractivity contribution in [1.29, 1.82) is 0 Å². The predicted molar refractivity (Wildman–Crippen MR) is 99.0 cm³/mol. The van der Waals surface area contributed by atoms with E-state index in [1.54, 1.807) is 12.2 Å². The van der Waals surface area contributed by atoms with Crippen molar-refractivity contribution in [3.8, 4) is 0 Å². The highest BCUT2D eigenvalue weighted by Crippen LogP contribution is 2.69. The van der Waals surface area contributed by atoms with E-state index in [1.165, 1.54) is 0 Å². The van der Waals surface area contributed by atoms with Gasteiger partial charge in [-0.3, -0.25) is 9.59 Å². The molecule has 5 rings (SSSR count). The van der Waals surface area contributed by atoms with Gasteiger partial charge in [0.05, 0.1) is 12.2 Å². The van der Waals surface area contributed by atoms with Gasteiger partial charge in [-0.05, 0) is 49.7 Å². The number of ether oxygens (including phenoxy) is 2. The van der Waals surface area contributed by atoms with Gasteiger partial charge in [-0.2, -0.15) is 0 Å². The average Bonchev–Trinajstić information content (AvgIpc) is 3.18. The standard InChI is InChI=1S/C22H28O6/c1-20-6-5-13(24)7-12(20)3-4-14-15-8-18-22(17(26)10-23,28-11-27-18)21(15,2)9-16(25)19(14)20/h5-7,14-16,18-19,23,25H,3-4,8-11H2,1-2H3/t14?,15-,16?,18?,19+,20?,21?,22?/m0/s1. The zero-order valence-corrected chi connectivity index (χ0v) is 16.4. The molecule has 5 aliphatic rings. The molecule has 2 N–H and O–H groups in total. The Hall–Kier alpha value is -1.34. The molecule has 0 aromatic carbocycles. The first-order chi connectivity index (χ1) is 13.3. The summed E-state index contributed by atoms with van der Waals surface area (Å²) < 4.78 is 11.8. The van der Waals surface area contributed by atoms with Crippen LogP contribution in [0.3, 0.4) is 0 Å². The van der Waals surface area contributed by atoms with Crippen LogP contribution in [-0.4, -0.2) is 53.0 Å². The average molecular weight is 388 g/mol. The summed E-state index contributed by atoms with van der Waals surface area (Å²) in [6.45, 7) is 3.63. The lowest BCUT2D eigenvalue weighted by molar-refractivity contribution is -0.185. The summed E-state index contributed by atoms with van der Waals surface area (Å²) in [7, 11) is 0. The molecule has 0 aromatic rings. The van der Waals surface area contributed by atoms with Crippen LogP contribution in [0.4, 0.5) is 0 Å². The highest BCUT2D eigenvalue weighted by atomic mass is 16.7. The maximum absolute atomic E-state index is 12.9. The number of ketones is 2. The van der Waals surface area contributed by atoms with E-state index in [9.17, 15) is 19.8 Å². The fourth-order valence-electron chi connectivity index (χ4n) is 7.65. The summed E-state index contributed by atoms with van der Waals surface area (Å²) in [5.41, 5.74) is -0.991. The van der Waals surface area contributed by atoms with Gasteiger partial charge in [-0.25, -0.2) is 0 Å². The van der Waals surface area contributed by atoms with Gasteiger partial charge in [0, 0.05) is 16.7 Å². The first kappa shape index (κ1) is 18.7. The molecule has 0 radical (unpaired) electrons. The van der Waals surface area contributed by atoms with Gasteiger partial charge in [0.1, 0.15) is 13.4 Å². The molecule has 28 heavy (non-hydrogen) atoms. The van der Waals surface area contributed by atoms with E-state index in [-0.39, 0.29) is 47.6 Å². The van der Waals surface area contributed by atoms with E-state index in [0.717, 1.165) is 18.4 Å². The van der Waals surface area contributed by atoms with E-state index in [1.807, 2.05) is 13.0 Å². The smallest absolute Gasteiger partial charge is 0.193 e. The number of rotatable bonds is 2. The van der Waals surface area contributed by atoms with E-state index in [2.05, 4.69) is 6.92 Å². The molecule has 3 saturated carbocycles. The van der Waals surface area contributed by atoms with Crippen molar-refractivity contribution >= 4 is 11.6 Å². The van der Waals surface area contributed by atoms with Crippen LogP contribution in [0, 0.1) is 28.6 Å². The summed E-state index contributed by atoms with van der Waals surface area (Å²) in [5, 5.41) is 21.0. The second-order valence-corrected chi connectivity index (χ2v) is 9.68. The number of fused-ring (bicyclic) bond motifs is 7. The predicted octanol–water partition coefficient (Wildman–Crippen LogP) is 1.55. The molecule has 0 aromatic heterocycles. The number of carbonyl (C=O) groups excluding carboxylic acids is 2. The number of carbonyl (C=O) groups is 2. The van der Waals surface area contributed by atoms with Crippen LogP contribution >= 0.6 is 0 Å². The molecule has 4 aliphatic carbocycles. The Kier molecular flexibility index (Phi) is 3.90. The molecule has 8 atom stereocenters. The van der Waals surface area contributed by atoms with Crippen LogP contribution in [0.2, 0.25) is 0 Å². The maximum atomic E-state index is 12.9. The molecular weight excluding hydrogens is 360 g/mol. The molecule has 1 saturated heterocycles. The Morgan fingerprint density at radius 3 is 2.89 bits per heavy atom. The summed E-state index contributed by atoms with van der Waals surface area (Å²) >= 11 is 0. The van der Waals surface area contributed by atoms with Crippen molar-refractivity contribution in [1.82, 2.24) is 0 Å². The third-order valence-corrected chi connectivity index (χ3v) is 8.77. The van der Waals surface area contributed by atoms with Crippen LogP contribution in [-0.2, 0) is 19.1 Å². The molecule has 152 valence electrons. The first-order valence-corrected chi connectivity index (χ1v) is 10.3. The van der Waals surface area contributed by atoms with Crippen LogP contribution in [0.15, 0.2) is 23.8 Å². The Balaban J connectivity index is 1.59. The van der Waals surface area contributed by atoms with Crippen molar-refractivity contribution in [3.05, 3.63) is 23.8 Å². The van der Waals surface area contributed by atoms with Gasteiger partial charge in [0.2, 0.25) is 0 Å². The lowest BCUT2D eigenvalue weighted by Gasteiger charge is -2.59. The van der Waals surface area contributed by atoms with Crippen molar-refractivity contribution in [2.45, 2.75) is 57.3 Å². The minimum absolute atomic E-state index is 0.00460. The largest absolute Gasteiger partial charge is 0.393 e. The van der Waals surface area contributed by atoms with Crippen LogP contribution in [0.25, 0.3) is 0 Å². The highest BCUT2D eigenvalue weighted by Gasteiger charge is 2.74. The third kappa shape index (κ3) is 2.02. The van der Waals surface area contributed by atoms with E-state index < -0.39 is 23.7 Å². The Labute approximate surface area is 164 Å². The third-order valence-electron chi connectivity index (χ3n) is 8.77. The van der Waals surface area contributed by atoms with E-state index >= 15 is 0 Å². The van der Waals surface area contributed by atoms with E-state index in [4.69, 9.17) is 9.47 Å². The fraction of sp³-hybridized carbons (Fsp3) is 0.727. The quantitative estimate of drug-likeness (QED) is 0.746. The fourth-order valence-corrected chi connectivity index (χ4v) is 7.65.